The van der Waals surface area contributed by atoms with E-state index in [1.807, 2.05) is 0 Å². The highest BCUT2D eigenvalue weighted by Gasteiger charge is 2.20. The number of carbonyl (C=O) groups excluding carboxylic acids is 2. The molecule has 0 saturated heterocycles. The Kier molecular flexibility index (Phi) is 65.4. The Hall–Kier alpha value is -1.66. The topological polar surface area (TPSA) is 95.9 Å². The first kappa shape index (κ1) is 75.3. The van der Waals surface area contributed by atoms with Gasteiger partial charge in [-0.2, -0.15) is 0 Å². The van der Waals surface area contributed by atoms with Crippen molar-refractivity contribution in [2.75, 3.05) is 13.2 Å². The van der Waals surface area contributed by atoms with E-state index in [4.69, 9.17) is 4.74 Å². The van der Waals surface area contributed by atoms with Crippen molar-refractivity contribution < 1.29 is 24.5 Å². The van der Waals surface area contributed by atoms with Gasteiger partial charge in [0.15, 0.2) is 0 Å². The molecular weight excluding hydrogens is 947 g/mol. The number of carbonyl (C=O) groups is 2. The highest BCUT2D eigenvalue weighted by atomic mass is 16.5. The van der Waals surface area contributed by atoms with Gasteiger partial charge in [-0.25, -0.2) is 0 Å². The first-order valence-corrected chi connectivity index (χ1v) is 35.1. The molecule has 0 heterocycles. The molecule has 0 aliphatic carbocycles. The number of esters is 1. The zero-order valence-electron chi connectivity index (χ0n) is 52.2. The van der Waals surface area contributed by atoms with E-state index in [-0.39, 0.29) is 18.5 Å². The Morgan fingerprint density at radius 2 is 0.610 bits per heavy atom. The molecule has 0 fully saturated rings. The fourth-order valence-electron chi connectivity index (χ4n) is 11.1. The van der Waals surface area contributed by atoms with E-state index in [1.54, 1.807) is 0 Å². The molecule has 0 bridgehead atoms. The van der Waals surface area contributed by atoms with Gasteiger partial charge in [0.1, 0.15) is 0 Å². The van der Waals surface area contributed by atoms with Crippen LogP contribution in [0.3, 0.4) is 0 Å². The van der Waals surface area contributed by atoms with Gasteiger partial charge in [-0.15, -0.1) is 0 Å². The molecular formula is C71H137NO5. The number of nitrogens with one attached hydrogen (secondary N) is 1. The Morgan fingerprint density at radius 3 is 0.922 bits per heavy atom. The minimum absolute atomic E-state index is 0.00230. The molecule has 77 heavy (non-hydrogen) atoms. The first-order chi connectivity index (χ1) is 38.0. The number of hydrogen-bond acceptors (Lipinski definition) is 5. The van der Waals surface area contributed by atoms with Crippen LogP contribution in [0, 0.1) is 0 Å². The molecule has 2 atom stereocenters. The van der Waals surface area contributed by atoms with Crippen molar-refractivity contribution in [2.45, 2.75) is 405 Å². The van der Waals surface area contributed by atoms with E-state index in [1.165, 1.54) is 315 Å². The van der Waals surface area contributed by atoms with Crippen LogP contribution in [-0.2, 0) is 14.3 Å². The van der Waals surface area contributed by atoms with Gasteiger partial charge >= 0.3 is 5.97 Å². The van der Waals surface area contributed by atoms with Crippen molar-refractivity contribution in [3.8, 4) is 0 Å². The lowest BCUT2D eigenvalue weighted by molar-refractivity contribution is -0.143. The standard InChI is InChI=1S/C71H137NO5/c1-3-5-7-9-11-13-15-17-19-21-22-23-24-25-26-27-29-32-35-39-43-47-51-55-59-63-69(74)68(67-73)72-70(75)64-60-56-52-48-44-40-36-33-30-28-31-34-38-42-46-50-54-58-62-66-77-71(76)65-61-57-53-49-45-41-37-20-18-16-14-12-10-8-6-4-2/h20,28,30,37,68-69,73-74H,3-19,21-27,29,31-36,38-67H2,1-2H3,(H,72,75)/b30-28-,37-20-. The lowest BCUT2D eigenvalue weighted by atomic mass is 10.0. The molecule has 6 nitrogen and oxygen atoms in total. The Labute approximate surface area is 481 Å². The molecule has 0 radical (unpaired) electrons. The average Bonchev–Trinajstić information content (AvgIpc) is 3.43. The predicted molar refractivity (Wildman–Crippen MR) is 338 cm³/mol. The summed E-state index contributed by atoms with van der Waals surface area (Å²) in [6, 6.07) is -0.550. The van der Waals surface area contributed by atoms with Gasteiger partial charge in [0, 0.05) is 12.8 Å². The van der Waals surface area contributed by atoms with Gasteiger partial charge in [0.05, 0.1) is 25.4 Å². The number of amides is 1. The number of aliphatic hydroxyl groups excluding tert-OH is 2. The van der Waals surface area contributed by atoms with Gasteiger partial charge in [-0.3, -0.25) is 9.59 Å². The smallest absolute Gasteiger partial charge is 0.305 e. The quantitative estimate of drug-likeness (QED) is 0.0320. The maximum Gasteiger partial charge on any atom is 0.305 e. The van der Waals surface area contributed by atoms with E-state index in [0.717, 1.165) is 44.9 Å². The third-order valence-corrected chi connectivity index (χ3v) is 16.5. The van der Waals surface area contributed by atoms with Gasteiger partial charge in [0.25, 0.3) is 0 Å². The monoisotopic (exact) mass is 1080 g/mol. The van der Waals surface area contributed by atoms with Crippen LogP contribution in [-0.4, -0.2) is 47.4 Å². The highest BCUT2D eigenvalue weighted by molar-refractivity contribution is 5.76. The minimum Gasteiger partial charge on any atom is -0.466 e. The molecule has 0 aromatic heterocycles. The van der Waals surface area contributed by atoms with E-state index in [0.29, 0.717) is 25.9 Å². The molecule has 456 valence electrons. The Bertz CT molecular complexity index is 1200. The average molecular weight is 1080 g/mol. The van der Waals surface area contributed by atoms with Gasteiger partial charge in [-0.1, -0.05) is 327 Å². The van der Waals surface area contributed by atoms with Crippen LogP contribution in [0.25, 0.3) is 0 Å². The zero-order chi connectivity index (χ0) is 55.7. The molecule has 0 saturated carbocycles. The number of hydrogen-bond donors (Lipinski definition) is 3. The van der Waals surface area contributed by atoms with E-state index in [2.05, 4.69) is 43.5 Å². The van der Waals surface area contributed by atoms with E-state index < -0.39 is 12.1 Å². The largest absolute Gasteiger partial charge is 0.466 e. The summed E-state index contributed by atoms with van der Waals surface area (Å²) >= 11 is 0. The van der Waals surface area contributed by atoms with Crippen LogP contribution in [0.1, 0.15) is 393 Å². The number of rotatable bonds is 66. The highest BCUT2D eigenvalue weighted by Crippen LogP contribution is 2.19. The van der Waals surface area contributed by atoms with Gasteiger partial charge in [0.2, 0.25) is 5.91 Å². The summed E-state index contributed by atoms with van der Waals surface area (Å²) in [5.74, 6) is -0.0425. The third-order valence-electron chi connectivity index (χ3n) is 16.5. The van der Waals surface area contributed by atoms with Gasteiger partial charge in [-0.05, 0) is 77.0 Å². The second-order valence-corrected chi connectivity index (χ2v) is 24.2. The van der Waals surface area contributed by atoms with Crippen molar-refractivity contribution in [1.29, 1.82) is 0 Å². The summed E-state index contributed by atoms with van der Waals surface area (Å²) in [6.45, 7) is 4.97. The van der Waals surface area contributed by atoms with Crippen LogP contribution in [0.2, 0.25) is 0 Å². The van der Waals surface area contributed by atoms with E-state index in [9.17, 15) is 19.8 Å². The summed E-state index contributed by atoms with van der Waals surface area (Å²) in [7, 11) is 0. The first-order valence-electron chi connectivity index (χ1n) is 35.1. The molecule has 0 aromatic carbocycles. The van der Waals surface area contributed by atoms with Crippen molar-refractivity contribution in [3.63, 3.8) is 0 Å². The maximum absolute atomic E-state index is 12.6. The Balaban J connectivity index is 3.43. The summed E-state index contributed by atoms with van der Waals surface area (Å²) in [5.41, 5.74) is 0. The molecule has 1 amide bonds. The fraction of sp³-hybridized carbons (Fsp3) is 0.915. The number of unbranched alkanes of at least 4 members (excludes halogenated alkanes) is 51. The Morgan fingerprint density at radius 1 is 0.351 bits per heavy atom. The van der Waals surface area contributed by atoms with Crippen molar-refractivity contribution in [3.05, 3.63) is 24.3 Å². The number of ether oxygens (including phenoxy) is 1. The summed E-state index contributed by atoms with van der Waals surface area (Å²) < 4.78 is 5.49. The third kappa shape index (κ3) is 63.4. The van der Waals surface area contributed by atoms with Crippen molar-refractivity contribution >= 4 is 11.9 Å². The summed E-state index contributed by atoms with van der Waals surface area (Å²) in [5, 5.41) is 23.4. The second-order valence-electron chi connectivity index (χ2n) is 24.2. The zero-order valence-corrected chi connectivity index (χ0v) is 52.2. The fourth-order valence-corrected chi connectivity index (χ4v) is 11.1. The maximum atomic E-state index is 12.6. The SMILES string of the molecule is CCCCCCCCC/C=C\CCCCCCCC(=O)OCCCCCCCCCC/C=C\CCCCCCCCCC(=O)NC(CO)C(O)CCCCCCCCCCCCCCCCCCCCCCCCCCC. The minimum atomic E-state index is -0.672. The summed E-state index contributed by atoms with van der Waals surface area (Å²) in [4.78, 5) is 24.6. The molecule has 0 aromatic rings. The van der Waals surface area contributed by atoms with Crippen LogP contribution >= 0.6 is 0 Å². The second kappa shape index (κ2) is 66.8. The van der Waals surface area contributed by atoms with Crippen LogP contribution in [0.5, 0.6) is 0 Å². The van der Waals surface area contributed by atoms with Crippen LogP contribution in [0.15, 0.2) is 24.3 Å². The molecule has 0 aliphatic heterocycles. The van der Waals surface area contributed by atoms with Crippen molar-refractivity contribution in [2.24, 2.45) is 0 Å². The molecule has 0 spiro atoms. The molecule has 0 rings (SSSR count). The molecule has 6 heteroatoms. The molecule has 0 aliphatic rings. The number of allylic oxidation sites excluding steroid dienone is 4. The normalized spacial score (nSPS) is 12.6. The van der Waals surface area contributed by atoms with Crippen LogP contribution in [0.4, 0.5) is 0 Å². The molecule has 2 unspecified atom stereocenters. The lowest BCUT2D eigenvalue weighted by Gasteiger charge is -2.22. The van der Waals surface area contributed by atoms with E-state index >= 15 is 0 Å². The van der Waals surface area contributed by atoms with Crippen molar-refractivity contribution in [1.82, 2.24) is 5.32 Å². The van der Waals surface area contributed by atoms with Crippen LogP contribution < -0.4 is 5.32 Å². The predicted octanol–water partition coefficient (Wildman–Crippen LogP) is 22.5. The summed E-state index contributed by atoms with van der Waals surface area (Å²) in [6.07, 6.45) is 83.6. The van der Waals surface area contributed by atoms with Gasteiger partial charge < -0.3 is 20.3 Å². The molecule has 3 N–H and O–H groups in total. The number of aliphatic hydroxyl groups is 2. The lowest BCUT2D eigenvalue weighted by Crippen LogP contribution is -2.45.